The van der Waals surface area contributed by atoms with Gasteiger partial charge in [0.2, 0.25) is 0 Å². The summed E-state index contributed by atoms with van der Waals surface area (Å²) in [7, 11) is 0. The standard InChI is InChI=1S/C13H19BrN2O/c1-10(9-16-5-3-4-6-16)17-12-7-13(14)11(2)15-8-12/h7-8,10H,3-6,9H2,1-2H3/t10-/m0/s1. The second-order valence-corrected chi connectivity index (χ2v) is 5.53. The lowest BCUT2D eigenvalue weighted by Gasteiger charge is -2.21. The molecule has 0 amide bonds. The third-order valence-corrected chi connectivity index (χ3v) is 3.85. The summed E-state index contributed by atoms with van der Waals surface area (Å²) in [6, 6.07) is 1.99. The maximum Gasteiger partial charge on any atom is 0.139 e. The summed E-state index contributed by atoms with van der Waals surface area (Å²) in [4.78, 5) is 6.74. The second-order valence-electron chi connectivity index (χ2n) is 4.67. The van der Waals surface area contributed by atoms with E-state index in [1.807, 2.05) is 13.0 Å². The van der Waals surface area contributed by atoms with E-state index in [0.29, 0.717) is 0 Å². The van der Waals surface area contributed by atoms with Crippen LogP contribution in [0.4, 0.5) is 0 Å². The molecule has 0 unspecified atom stereocenters. The number of ether oxygens (including phenoxy) is 1. The van der Waals surface area contributed by atoms with Gasteiger partial charge in [-0.25, -0.2) is 0 Å². The van der Waals surface area contributed by atoms with Crippen molar-refractivity contribution in [3.05, 3.63) is 22.4 Å². The van der Waals surface area contributed by atoms with Crippen molar-refractivity contribution in [3.63, 3.8) is 0 Å². The Bertz CT molecular complexity index is 378. The van der Waals surface area contributed by atoms with Crippen molar-refractivity contribution in [1.82, 2.24) is 9.88 Å². The first-order chi connectivity index (χ1) is 8.15. The van der Waals surface area contributed by atoms with Crippen LogP contribution in [0.3, 0.4) is 0 Å². The largest absolute Gasteiger partial charge is 0.488 e. The molecule has 0 spiro atoms. The molecule has 4 heteroatoms. The third kappa shape index (κ3) is 3.68. The topological polar surface area (TPSA) is 25.4 Å². The molecule has 1 fully saturated rings. The van der Waals surface area contributed by atoms with Gasteiger partial charge in [0, 0.05) is 11.0 Å². The summed E-state index contributed by atoms with van der Waals surface area (Å²) < 4.78 is 6.88. The van der Waals surface area contributed by atoms with Crippen LogP contribution in [0.25, 0.3) is 0 Å². The van der Waals surface area contributed by atoms with Gasteiger partial charge in [0.05, 0.1) is 11.9 Å². The third-order valence-electron chi connectivity index (χ3n) is 3.05. The summed E-state index contributed by atoms with van der Waals surface area (Å²) in [5.41, 5.74) is 0.990. The van der Waals surface area contributed by atoms with Crippen LogP contribution >= 0.6 is 15.9 Å². The number of pyridine rings is 1. The highest BCUT2D eigenvalue weighted by atomic mass is 79.9. The van der Waals surface area contributed by atoms with E-state index in [1.165, 1.54) is 25.9 Å². The molecule has 2 heterocycles. The fraction of sp³-hybridized carbons (Fsp3) is 0.615. The molecule has 0 aliphatic carbocycles. The average molecular weight is 299 g/mol. The Hall–Kier alpha value is -0.610. The lowest BCUT2D eigenvalue weighted by atomic mass is 10.3. The average Bonchev–Trinajstić information content (AvgIpc) is 2.76. The van der Waals surface area contributed by atoms with E-state index in [2.05, 4.69) is 32.7 Å². The zero-order valence-corrected chi connectivity index (χ0v) is 12.0. The molecule has 94 valence electrons. The summed E-state index contributed by atoms with van der Waals surface area (Å²) in [6.07, 6.45) is 4.65. The van der Waals surface area contributed by atoms with Crippen LogP contribution in [0.1, 0.15) is 25.5 Å². The van der Waals surface area contributed by atoms with Crippen LogP contribution in [0.2, 0.25) is 0 Å². The van der Waals surface area contributed by atoms with E-state index in [-0.39, 0.29) is 6.10 Å². The molecule has 0 N–H and O–H groups in total. The van der Waals surface area contributed by atoms with E-state index in [0.717, 1.165) is 22.5 Å². The minimum atomic E-state index is 0.213. The first-order valence-electron chi connectivity index (χ1n) is 6.16. The van der Waals surface area contributed by atoms with E-state index in [1.54, 1.807) is 6.20 Å². The van der Waals surface area contributed by atoms with Gasteiger partial charge in [-0.2, -0.15) is 0 Å². The van der Waals surface area contributed by atoms with E-state index >= 15 is 0 Å². The summed E-state index contributed by atoms with van der Waals surface area (Å²) >= 11 is 3.47. The van der Waals surface area contributed by atoms with Gasteiger partial charge in [0.1, 0.15) is 11.9 Å². The minimum Gasteiger partial charge on any atom is -0.488 e. The quantitative estimate of drug-likeness (QED) is 0.854. The molecular weight excluding hydrogens is 280 g/mol. The number of likely N-dealkylation sites (tertiary alicyclic amines) is 1. The summed E-state index contributed by atoms with van der Waals surface area (Å²) in [6.45, 7) is 7.52. The number of aromatic nitrogens is 1. The molecule has 0 radical (unpaired) electrons. The molecular formula is C13H19BrN2O. The lowest BCUT2D eigenvalue weighted by Crippen LogP contribution is -2.31. The van der Waals surface area contributed by atoms with Crippen molar-refractivity contribution in [3.8, 4) is 5.75 Å². The smallest absolute Gasteiger partial charge is 0.139 e. The van der Waals surface area contributed by atoms with Gasteiger partial charge in [-0.05, 0) is 61.8 Å². The van der Waals surface area contributed by atoms with Gasteiger partial charge in [-0.3, -0.25) is 9.88 Å². The van der Waals surface area contributed by atoms with Crippen molar-refractivity contribution in [2.24, 2.45) is 0 Å². The molecule has 2 rings (SSSR count). The molecule has 0 saturated carbocycles. The lowest BCUT2D eigenvalue weighted by molar-refractivity contribution is 0.161. The van der Waals surface area contributed by atoms with Gasteiger partial charge in [-0.15, -0.1) is 0 Å². The maximum atomic E-state index is 5.88. The maximum absolute atomic E-state index is 5.88. The Morgan fingerprint density at radius 2 is 2.18 bits per heavy atom. The molecule has 1 atom stereocenters. The van der Waals surface area contributed by atoms with Crippen LogP contribution in [0, 0.1) is 6.92 Å². The second kappa shape index (κ2) is 5.83. The van der Waals surface area contributed by atoms with E-state index < -0.39 is 0 Å². The van der Waals surface area contributed by atoms with E-state index in [4.69, 9.17) is 4.74 Å². The Balaban J connectivity index is 1.88. The molecule has 17 heavy (non-hydrogen) atoms. The molecule has 3 nitrogen and oxygen atoms in total. The van der Waals surface area contributed by atoms with Crippen LogP contribution in [-0.4, -0.2) is 35.6 Å². The normalized spacial score (nSPS) is 18.3. The summed E-state index contributed by atoms with van der Waals surface area (Å²) in [5, 5.41) is 0. The zero-order chi connectivity index (χ0) is 12.3. The first kappa shape index (κ1) is 12.8. The number of rotatable bonds is 4. The predicted molar refractivity (Wildman–Crippen MR) is 72.4 cm³/mol. The van der Waals surface area contributed by atoms with Gasteiger partial charge in [0.25, 0.3) is 0 Å². The number of halogens is 1. The van der Waals surface area contributed by atoms with Crippen LogP contribution < -0.4 is 4.74 Å². The SMILES string of the molecule is Cc1ncc(O[C@@H](C)CN2CCCC2)cc1Br. The zero-order valence-electron chi connectivity index (χ0n) is 10.4. The van der Waals surface area contributed by atoms with Gasteiger partial charge in [-0.1, -0.05) is 0 Å². The van der Waals surface area contributed by atoms with Crippen molar-refractivity contribution in [2.45, 2.75) is 32.8 Å². The fourth-order valence-electron chi connectivity index (χ4n) is 2.15. The van der Waals surface area contributed by atoms with Crippen molar-refractivity contribution >= 4 is 15.9 Å². The number of hydrogen-bond donors (Lipinski definition) is 0. The molecule has 0 aromatic carbocycles. The number of nitrogens with zero attached hydrogens (tertiary/aromatic N) is 2. The Morgan fingerprint density at radius 1 is 1.47 bits per heavy atom. The molecule has 1 saturated heterocycles. The number of hydrogen-bond acceptors (Lipinski definition) is 3. The molecule has 1 aromatic rings. The summed E-state index contributed by atoms with van der Waals surface area (Å²) in [5.74, 6) is 0.842. The Labute approximate surface area is 111 Å². The van der Waals surface area contributed by atoms with Crippen LogP contribution in [-0.2, 0) is 0 Å². The van der Waals surface area contributed by atoms with Crippen molar-refractivity contribution < 1.29 is 4.74 Å². The molecule has 1 aliphatic rings. The monoisotopic (exact) mass is 298 g/mol. The fourth-order valence-corrected chi connectivity index (χ4v) is 2.48. The highest BCUT2D eigenvalue weighted by Crippen LogP contribution is 2.21. The van der Waals surface area contributed by atoms with Crippen molar-refractivity contribution in [2.75, 3.05) is 19.6 Å². The minimum absolute atomic E-state index is 0.213. The van der Waals surface area contributed by atoms with E-state index in [9.17, 15) is 0 Å². The van der Waals surface area contributed by atoms with Crippen LogP contribution in [0.5, 0.6) is 5.75 Å². The Kier molecular flexibility index (Phi) is 4.40. The van der Waals surface area contributed by atoms with Crippen LogP contribution in [0.15, 0.2) is 16.7 Å². The number of aryl methyl sites for hydroxylation is 1. The first-order valence-corrected chi connectivity index (χ1v) is 6.95. The molecule has 1 aromatic heterocycles. The van der Waals surface area contributed by atoms with Gasteiger partial charge in [0.15, 0.2) is 0 Å². The van der Waals surface area contributed by atoms with Gasteiger partial charge < -0.3 is 4.74 Å². The predicted octanol–water partition coefficient (Wildman–Crippen LogP) is 3.02. The Morgan fingerprint density at radius 3 is 2.82 bits per heavy atom. The molecule has 1 aliphatic heterocycles. The van der Waals surface area contributed by atoms with Crippen molar-refractivity contribution in [1.29, 1.82) is 0 Å². The highest BCUT2D eigenvalue weighted by molar-refractivity contribution is 9.10. The highest BCUT2D eigenvalue weighted by Gasteiger charge is 2.15. The van der Waals surface area contributed by atoms with Gasteiger partial charge >= 0.3 is 0 Å². The molecule has 0 bridgehead atoms.